The Kier molecular flexibility index (Phi) is 5.71. The van der Waals surface area contributed by atoms with Gasteiger partial charge in [0.15, 0.2) is 0 Å². The molecule has 1 aliphatic rings. The fraction of sp³-hybridized carbons (Fsp3) is 0.211. The number of anilines is 2. The quantitative estimate of drug-likeness (QED) is 0.825. The first-order chi connectivity index (χ1) is 12.9. The van der Waals surface area contributed by atoms with Crippen LogP contribution in [0.15, 0.2) is 42.5 Å². The lowest BCUT2D eigenvalue weighted by atomic mass is 10.1. The number of nitrogens with one attached hydrogen (secondary N) is 2. The summed E-state index contributed by atoms with van der Waals surface area (Å²) < 4.78 is 13.1. The van der Waals surface area contributed by atoms with E-state index in [9.17, 15) is 18.8 Å². The first-order valence-electron chi connectivity index (χ1n) is 8.37. The van der Waals surface area contributed by atoms with E-state index in [2.05, 4.69) is 10.6 Å². The zero-order chi connectivity index (χ0) is 19.4. The summed E-state index contributed by atoms with van der Waals surface area (Å²) >= 11 is 5.66. The first-order valence-corrected chi connectivity index (χ1v) is 8.75. The molecule has 3 amide bonds. The molecule has 0 saturated carbocycles. The molecular weight excluding hydrogens is 373 g/mol. The lowest BCUT2D eigenvalue weighted by Gasteiger charge is -2.16. The largest absolute Gasteiger partial charge is 0.343 e. The van der Waals surface area contributed by atoms with Gasteiger partial charge in [-0.15, -0.1) is 0 Å². The van der Waals surface area contributed by atoms with Crippen molar-refractivity contribution in [3.05, 3.63) is 58.9 Å². The van der Waals surface area contributed by atoms with Gasteiger partial charge in [-0.3, -0.25) is 14.4 Å². The summed E-state index contributed by atoms with van der Waals surface area (Å²) in [6.07, 6.45) is 1.30. The number of rotatable bonds is 5. The highest BCUT2D eigenvalue weighted by molar-refractivity contribution is 6.31. The molecule has 0 unspecified atom stereocenters. The molecule has 1 saturated heterocycles. The van der Waals surface area contributed by atoms with Crippen molar-refractivity contribution in [3.63, 3.8) is 0 Å². The molecule has 0 radical (unpaired) electrons. The van der Waals surface area contributed by atoms with Gasteiger partial charge in [0.25, 0.3) is 5.91 Å². The summed E-state index contributed by atoms with van der Waals surface area (Å²) in [4.78, 5) is 37.7. The van der Waals surface area contributed by atoms with Gasteiger partial charge in [-0.2, -0.15) is 0 Å². The molecule has 0 atom stereocenters. The smallest absolute Gasteiger partial charge is 0.251 e. The van der Waals surface area contributed by atoms with Crippen LogP contribution in [0.2, 0.25) is 5.02 Å². The highest BCUT2D eigenvalue weighted by Gasteiger charge is 2.22. The van der Waals surface area contributed by atoms with Crippen LogP contribution in [0.25, 0.3) is 0 Å². The molecule has 1 heterocycles. The molecule has 8 heteroatoms. The van der Waals surface area contributed by atoms with Crippen molar-refractivity contribution in [2.45, 2.75) is 12.8 Å². The van der Waals surface area contributed by atoms with Gasteiger partial charge in [0.2, 0.25) is 11.8 Å². The van der Waals surface area contributed by atoms with Crippen molar-refractivity contribution < 1.29 is 18.8 Å². The monoisotopic (exact) mass is 389 g/mol. The second kappa shape index (κ2) is 8.18. The number of benzene rings is 2. The Morgan fingerprint density at radius 3 is 2.70 bits per heavy atom. The van der Waals surface area contributed by atoms with E-state index in [0.29, 0.717) is 29.9 Å². The highest BCUT2D eigenvalue weighted by Crippen LogP contribution is 2.22. The molecule has 0 spiro atoms. The van der Waals surface area contributed by atoms with Crippen molar-refractivity contribution in [1.82, 2.24) is 5.32 Å². The molecular formula is C19H17ClFN3O3. The maximum absolute atomic E-state index is 13.1. The van der Waals surface area contributed by atoms with E-state index in [1.807, 2.05) is 0 Å². The van der Waals surface area contributed by atoms with Gasteiger partial charge in [0, 0.05) is 29.9 Å². The summed E-state index contributed by atoms with van der Waals surface area (Å²) in [5, 5.41) is 4.93. The minimum atomic E-state index is -0.584. The van der Waals surface area contributed by atoms with E-state index in [-0.39, 0.29) is 17.5 Å². The lowest BCUT2D eigenvalue weighted by Crippen LogP contribution is -2.33. The molecule has 6 nitrogen and oxygen atoms in total. The Morgan fingerprint density at radius 1 is 1.19 bits per heavy atom. The van der Waals surface area contributed by atoms with Crippen molar-refractivity contribution >= 4 is 40.7 Å². The fourth-order valence-electron chi connectivity index (χ4n) is 2.78. The number of amides is 3. The predicted molar refractivity (Wildman–Crippen MR) is 100 cm³/mol. The molecule has 1 aliphatic heterocycles. The number of hydrogen-bond donors (Lipinski definition) is 2. The fourth-order valence-corrected chi connectivity index (χ4v) is 2.96. The molecule has 0 bridgehead atoms. The Balaban J connectivity index is 1.58. The minimum absolute atomic E-state index is 0.0323. The number of halogens is 2. The summed E-state index contributed by atoms with van der Waals surface area (Å²) in [5.74, 6) is -1.46. The van der Waals surface area contributed by atoms with Crippen LogP contribution in [0.3, 0.4) is 0 Å². The maximum atomic E-state index is 13.1. The number of carbonyl (C=O) groups excluding carboxylic acids is 3. The maximum Gasteiger partial charge on any atom is 0.251 e. The molecule has 27 heavy (non-hydrogen) atoms. The van der Waals surface area contributed by atoms with E-state index in [1.54, 1.807) is 29.2 Å². The summed E-state index contributed by atoms with van der Waals surface area (Å²) in [7, 11) is 0. The van der Waals surface area contributed by atoms with E-state index in [4.69, 9.17) is 11.6 Å². The normalized spacial score (nSPS) is 13.6. The van der Waals surface area contributed by atoms with Crippen molar-refractivity contribution in [2.75, 3.05) is 23.3 Å². The van der Waals surface area contributed by atoms with Gasteiger partial charge in [-0.1, -0.05) is 17.7 Å². The third-order valence-corrected chi connectivity index (χ3v) is 4.40. The zero-order valence-electron chi connectivity index (χ0n) is 14.3. The van der Waals surface area contributed by atoms with Crippen LogP contribution in [-0.2, 0) is 9.59 Å². The van der Waals surface area contributed by atoms with Gasteiger partial charge in [0.1, 0.15) is 5.82 Å². The number of hydrogen-bond acceptors (Lipinski definition) is 3. The van der Waals surface area contributed by atoms with E-state index in [1.165, 1.54) is 12.1 Å². The molecule has 3 rings (SSSR count). The van der Waals surface area contributed by atoms with Crippen LogP contribution < -0.4 is 15.5 Å². The van der Waals surface area contributed by atoms with Gasteiger partial charge >= 0.3 is 0 Å². The predicted octanol–water partition coefficient (Wildman–Crippen LogP) is 2.97. The molecule has 2 aromatic rings. The second-order valence-corrected chi connectivity index (χ2v) is 6.47. The third-order valence-electron chi connectivity index (χ3n) is 4.11. The van der Waals surface area contributed by atoms with Crippen LogP contribution in [0.5, 0.6) is 0 Å². The number of nitrogens with zero attached hydrogens (tertiary/aromatic N) is 1. The molecule has 0 aromatic heterocycles. The average Bonchev–Trinajstić information content (AvgIpc) is 3.09. The third kappa shape index (κ3) is 4.62. The highest BCUT2D eigenvalue weighted by atomic mass is 35.5. The molecule has 2 N–H and O–H groups in total. The Bertz CT molecular complexity index is 904. The summed E-state index contributed by atoms with van der Waals surface area (Å²) in [6.45, 7) is 0.368. The van der Waals surface area contributed by atoms with E-state index < -0.39 is 17.6 Å². The van der Waals surface area contributed by atoms with Crippen molar-refractivity contribution in [2.24, 2.45) is 0 Å². The van der Waals surface area contributed by atoms with Crippen LogP contribution in [0.1, 0.15) is 23.2 Å². The molecule has 0 aliphatic carbocycles. The van der Waals surface area contributed by atoms with Gasteiger partial charge in [0.05, 0.1) is 11.6 Å². The first kappa shape index (κ1) is 18.8. The van der Waals surface area contributed by atoms with Gasteiger partial charge in [-0.05, 0) is 42.8 Å². The summed E-state index contributed by atoms with van der Waals surface area (Å²) in [6, 6.07) is 10.5. The van der Waals surface area contributed by atoms with Crippen molar-refractivity contribution in [1.29, 1.82) is 0 Å². The van der Waals surface area contributed by atoms with Gasteiger partial charge < -0.3 is 15.5 Å². The standard InChI is InChI=1S/C19H17ClFN3O3/c20-15-10-13(6-7-16(15)21)23-17(25)11-22-19(27)12-3-1-4-14(9-12)24-8-2-5-18(24)26/h1,3-4,6-7,9-10H,2,5,8,11H2,(H,22,27)(H,23,25). The molecule has 1 fully saturated rings. The van der Waals surface area contributed by atoms with Gasteiger partial charge in [-0.25, -0.2) is 4.39 Å². The SMILES string of the molecule is O=C(CNC(=O)c1cccc(N2CCCC2=O)c1)Nc1ccc(F)c(Cl)c1. The van der Waals surface area contributed by atoms with Crippen LogP contribution in [0.4, 0.5) is 15.8 Å². The zero-order valence-corrected chi connectivity index (χ0v) is 15.1. The van der Waals surface area contributed by atoms with E-state index >= 15 is 0 Å². The lowest BCUT2D eigenvalue weighted by molar-refractivity contribution is -0.117. The van der Waals surface area contributed by atoms with Crippen LogP contribution in [-0.4, -0.2) is 30.8 Å². The minimum Gasteiger partial charge on any atom is -0.343 e. The number of carbonyl (C=O) groups is 3. The van der Waals surface area contributed by atoms with Crippen LogP contribution >= 0.6 is 11.6 Å². The molecule has 2 aromatic carbocycles. The van der Waals surface area contributed by atoms with Crippen molar-refractivity contribution in [3.8, 4) is 0 Å². The Labute approximate surface area is 160 Å². The average molecular weight is 390 g/mol. The topological polar surface area (TPSA) is 78.5 Å². The van der Waals surface area contributed by atoms with E-state index in [0.717, 1.165) is 12.5 Å². The molecule has 140 valence electrons. The second-order valence-electron chi connectivity index (χ2n) is 6.06. The summed E-state index contributed by atoms with van der Waals surface area (Å²) in [5.41, 5.74) is 1.34. The Morgan fingerprint density at radius 2 is 2.00 bits per heavy atom. The van der Waals surface area contributed by atoms with Crippen LogP contribution in [0, 0.1) is 5.82 Å². The Hall–Kier alpha value is -2.93.